The van der Waals surface area contributed by atoms with Gasteiger partial charge in [-0.05, 0) is 50.5 Å². The van der Waals surface area contributed by atoms with Crippen molar-refractivity contribution in [3.8, 4) is 0 Å². The highest BCUT2D eigenvalue weighted by atomic mass is 19.4. The molecule has 0 aliphatic rings. The molecule has 0 spiro atoms. The van der Waals surface area contributed by atoms with Gasteiger partial charge in [-0.3, -0.25) is 0 Å². The highest BCUT2D eigenvalue weighted by Gasteiger charge is 2.94. The summed E-state index contributed by atoms with van der Waals surface area (Å²) in [7, 11) is 0. The van der Waals surface area contributed by atoms with Crippen molar-refractivity contribution in [1.82, 2.24) is 4.48 Å². The molecule has 0 N–H and O–H groups in total. The maximum absolute atomic E-state index is 17.0. The Morgan fingerprint density at radius 3 is 1.32 bits per heavy atom. The average Bonchev–Trinajstić information content (AvgIpc) is 3.00. The van der Waals surface area contributed by atoms with Crippen molar-refractivity contribution < 1.29 is 61.5 Å². The van der Waals surface area contributed by atoms with E-state index in [9.17, 15) is 0 Å². The molecule has 2 aromatic carbocycles. The van der Waals surface area contributed by atoms with Gasteiger partial charge in [0.15, 0.2) is 5.67 Å². The van der Waals surface area contributed by atoms with Crippen LogP contribution in [0.15, 0.2) is 60.7 Å². The molecule has 2 rings (SSSR count). The van der Waals surface area contributed by atoms with E-state index in [4.69, 9.17) is 0 Å². The number of rotatable bonds is 18. The lowest BCUT2D eigenvalue weighted by molar-refractivity contribution is -0.414. The summed E-state index contributed by atoms with van der Waals surface area (Å²) in [5, 5.41) is 0. The third kappa shape index (κ3) is 6.00. The van der Waals surface area contributed by atoms with E-state index >= 15 is 61.5 Å². The summed E-state index contributed by atoms with van der Waals surface area (Å²) in [4.78, 5) is 0. The van der Waals surface area contributed by atoms with Crippen LogP contribution in [-0.2, 0) is 0 Å². The first-order valence-corrected chi connectivity index (χ1v) is 15.0. The van der Waals surface area contributed by atoms with Crippen LogP contribution >= 0.6 is 0 Å². The van der Waals surface area contributed by atoms with Crippen LogP contribution in [-0.4, -0.2) is 47.1 Å². The number of alkyl halides is 14. The van der Waals surface area contributed by atoms with Gasteiger partial charge in [-0.1, -0.05) is 82.9 Å². The molecule has 0 aliphatic heterocycles. The molecule has 0 aliphatic carbocycles. The van der Waals surface area contributed by atoms with E-state index < -0.39 is 102 Å². The molecule has 2 atom stereocenters. The summed E-state index contributed by atoms with van der Waals surface area (Å²) >= 11 is 0. The fraction of sp³-hybridized carbons (Fsp3) is 0.625. The van der Waals surface area contributed by atoms with Gasteiger partial charge < -0.3 is 0 Å². The van der Waals surface area contributed by atoms with Crippen molar-refractivity contribution in [3.63, 3.8) is 0 Å². The number of hydrogen-bond donors (Lipinski definition) is 0. The second kappa shape index (κ2) is 13.7. The van der Waals surface area contributed by atoms with Crippen molar-refractivity contribution in [2.24, 2.45) is 0 Å². The Balaban J connectivity index is 3.15. The van der Waals surface area contributed by atoms with Gasteiger partial charge in [-0.25, -0.2) is 8.78 Å². The molecule has 0 saturated carbocycles. The number of benzene rings is 2. The van der Waals surface area contributed by atoms with Crippen LogP contribution < -0.4 is 4.48 Å². The first kappa shape index (κ1) is 40.6. The summed E-state index contributed by atoms with van der Waals surface area (Å²) < 4.78 is 219. The molecule has 0 fully saturated rings. The van der Waals surface area contributed by atoms with Gasteiger partial charge in [0.05, 0.1) is 0 Å². The van der Waals surface area contributed by atoms with Crippen molar-refractivity contribution in [3.05, 3.63) is 60.7 Å². The first-order chi connectivity index (χ1) is 21.4. The molecule has 0 aromatic heterocycles. The zero-order valence-corrected chi connectivity index (χ0v) is 26.2. The highest BCUT2D eigenvalue weighted by molar-refractivity contribution is 5.62. The lowest BCUT2D eigenvalue weighted by Crippen LogP contribution is -2.83. The molecule has 0 heterocycles. The summed E-state index contributed by atoms with van der Waals surface area (Å²) in [6.45, 7) is 2.33. The maximum atomic E-state index is 17.0. The Labute approximate surface area is 264 Å². The van der Waals surface area contributed by atoms with Gasteiger partial charge in [0.2, 0.25) is 0 Å². The fourth-order valence-electron chi connectivity index (χ4n) is 5.67. The molecular weight excluding hydrogens is 664 g/mol. The van der Waals surface area contributed by atoms with Crippen LogP contribution in [0.3, 0.4) is 0 Å². The van der Waals surface area contributed by atoms with Gasteiger partial charge in [0.1, 0.15) is 11.4 Å². The predicted molar refractivity (Wildman–Crippen MR) is 151 cm³/mol. The van der Waals surface area contributed by atoms with Crippen LogP contribution in [0.1, 0.15) is 79.1 Å². The highest BCUT2D eigenvalue weighted by Crippen LogP contribution is 2.67. The number of unbranched alkanes of at least 4 members (excludes halogenated alkanes) is 3. The largest absolute Gasteiger partial charge is 0.476 e. The van der Waals surface area contributed by atoms with Crippen molar-refractivity contribution in [2.75, 3.05) is 0 Å². The van der Waals surface area contributed by atoms with Gasteiger partial charge in [-0.15, -0.1) is 22.0 Å². The van der Waals surface area contributed by atoms with Crippen molar-refractivity contribution in [2.45, 2.75) is 126 Å². The van der Waals surface area contributed by atoms with Gasteiger partial charge >= 0.3 is 35.8 Å². The second-order valence-corrected chi connectivity index (χ2v) is 11.7. The van der Waals surface area contributed by atoms with Crippen molar-refractivity contribution in [1.29, 1.82) is 0 Å². The summed E-state index contributed by atoms with van der Waals surface area (Å²) in [6.07, 6.45) is -5.82. The zero-order chi connectivity index (χ0) is 36.4. The van der Waals surface area contributed by atoms with Crippen LogP contribution in [0.25, 0.3) is 0 Å². The Morgan fingerprint density at radius 2 is 0.936 bits per heavy atom. The van der Waals surface area contributed by atoms with E-state index in [0.717, 1.165) is 19.1 Å². The van der Waals surface area contributed by atoms with E-state index in [1.165, 1.54) is 0 Å². The monoisotopic (exact) mass is 702 g/mol. The first-order valence-electron chi connectivity index (χ1n) is 15.0. The lowest BCUT2D eigenvalue weighted by atomic mass is 9.78. The predicted octanol–water partition coefficient (Wildman–Crippen LogP) is 12.7. The molecular formula is C32H38F14N+. The summed E-state index contributed by atoms with van der Waals surface area (Å²) in [5.41, 5.74) is -14.4. The number of para-hydroxylation sites is 2. The minimum atomic E-state index is -6.95. The smallest absolute Gasteiger partial charge is 0.237 e. The minimum Gasteiger partial charge on any atom is -0.237 e. The molecule has 2 aromatic rings. The normalized spacial score (nSPS) is 16.9. The molecule has 0 bridgehead atoms. The SMILES string of the molecule is CCCCCCC(F)(F)C(F)(F)C(F)(F)[N+](c1ccccc1)(c1ccccc1)C(F)(F)C(C)(F)C(F)(F)C(F)(F)C(F)(CC)CCC. The number of quaternary nitrogens is 1. The zero-order valence-electron chi connectivity index (χ0n) is 26.2. The standard InChI is InChI=1S/C32H38F14N/c1-5-8-9-16-22-27(35,36)30(41,42)32(45,46)47(23-17-12-10-13-18-23,24-19-14-11-15-20-24)31(43,44)25(4,33)28(37,38)29(39,40)26(34,7-3)21-6-2/h10-15,17-20H,5-9,16,21-22H2,1-4H3/q+1. The molecule has 0 radical (unpaired) electrons. The topological polar surface area (TPSA) is 0 Å². The molecule has 15 heteroatoms. The Kier molecular flexibility index (Phi) is 11.9. The second-order valence-electron chi connectivity index (χ2n) is 11.7. The number of nitrogens with zero attached hydrogens (tertiary/aromatic N) is 1. The fourth-order valence-corrected chi connectivity index (χ4v) is 5.67. The van der Waals surface area contributed by atoms with E-state index in [0.29, 0.717) is 37.6 Å². The van der Waals surface area contributed by atoms with Crippen molar-refractivity contribution >= 4 is 11.4 Å². The average molecular weight is 703 g/mol. The molecule has 268 valence electrons. The number of hydrogen-bond acceptors (Lipinski definition) is 0. The van der Waals surface area contributed by atoms with Gasteiger partial charge in [0, 0.05) is 6.42 Å². The van der Waals surface area contributed by atoms with Crippen LogP contribution in [0.2, 0.25) is 0 Å². The third-order valence-electron chi connectivity index (χ3n) is 8.63. The molecule has 47 heavy (non-hydrogen) atoms. The molecule has 2 unspecified atom stereocenters. The summed E-state index contributed by atoms with van der Waals surface area (Å²) in [5.74, 6) is -25.9. The van der Waals surface area contributed by atoms with Crippen LogP contribution in [0.4, 0.5) is 72.8 Å². The van der Waals surface area contributed by atoms with Crippen LogP contribution in [0.5, 0.6) is 0 Å². The number of halogens is 14. The quantitative estimate of drug-likeness (QED) is 0.0628. The van der Waals surface area contributed by atoms with E-state index in [1.807, 2.05) is 0 Å². The Bertz CT molecular complexity index is 1240. The Hall–Kier alpha value is -2.58. The lowest BCUT2D eigenvalue weighted by Gasteiger charge is -2.53. The van der Waals surface area contributed by atoms with Gasteiger partial charge in [-0.2, -0.15) is 35.1 Å². The van der Waals surface area contributed by atoms with Crippen LogP contribution in [0, 0.1) is 0 Å². The Morgan fingerprint density at radius 1 is 0.489 bits per heavy atom. The summed E-state index contributed by atoms with van der Waals surface area (Å²) in [6, 6.07) is -8.38. The third-order valence-corrected chi connectivity index (χ3v) is 8.63. The molecule has 0 saturated heterocycles. The van der Waals surface area contributed by atoms with E-state index in [2.05, 4.69) is 0 Å². The van der Waals surface area contributed by atoms with Gasteiger partial charge in [0.25, 0.3) is 5.67 Å². The maximum Gasteiger partial charge on any atom is 0.476 e. The molecule has 1 nitrogen and oxygen atoms in total. The van der Waals surface area contributed by atoms with E-state index in [-0.39, 0.29) is 37.1 Å². The minimum absolute atomic E-state index is 0.161. The molecule has 0 amide bonds. The van der Waals surface area contributed by atoms with E-state index in [1.54, 1.807) is 6.92 Å².